The molecule has 0 aliphatic heterocycles. The van der Waals surface area contributed by atoms with Crippen molar-refractivity contribution in [3.05, 3.63) is 60.8 Å². The number of fused-ring (bicyclic) bond motifs is 3. The van der Waals surface area contributed by atoms with Crippen LogP contribution in [0.2, 0.25) is 0 Å². The van der Waals surface area contributed by atoms with Gasteiger partial charge in [-0.05, 0) is 56.0 Å². The summed E-state index contributed by atoms with van der Waals surface area (Å²) >= 11 is 6.67. The second-order valence-electron chi connectivity index (χ2n) is 9.39. The average molecular weight is 544 g/mol. The van der Waals surface area contributed by atoms with Crippen LogP contribution in [0.25, 0.3) is 34.8 Å². The number of hydrogen-bond donors (Lipinski definition) is 0. The van der Waals surface area contributed by atoms with Crippen molar-refractivity contribution in [2.24, 2.45) is 5.92 Å². The van der Waals surface area contributed by atoms with E-state index in [0.717, 1.165) is 36.9 Å². The van der Waals surface area contributed by atoms with E-state index in [9.17, 15) is 9.59 Å². The molecule has 7 heteroatoms. The van der Waals surface area contributed by atoms with Gasteiger partial charge in [-0.25, -0.2) is 0 Å². The van der Waals surface area contributed by atoms with Crippen molar-refractivity contribution in [3.8, 4) is 9.75 Å². The Morgan fingerprint density at radius 2 is 1.71 bits per heavy atom. The highest BCUT2D eigenvalue weighted by molar-refractivity contribution is 8.07. The highest BCUT2D eigenvalue weighted by Crippen LogP contribution is 2.42. The zero-order valence-electron chi connectivity index (χ0n) is 21.1. The van der Waals surface area contributed by atoms with Crippen molar-refractivity contribution in [2.75, 3.05) is 6.26 Å². The Morgan fingerprint density at radius 3 is 2.34 bits per heavy atom. The van der Waals surface area contributed by atoms with Gasteiger partial charge in [-0.3, -0.25) is 14.2 Å². The van der Waals surface area contributed by atoms with E-state index in [0.29, 0.717) is 17.3 Å². The Hall–Kier alpha value is -1.67. The molecule has 4 aromatic rings. The van der Waals surface area contributed by atoms with E-state index in [1.54, 1.807) is 45.8 Å². The van der Waals surface area contributed by atoms with Crippen LogP contribution in [0.1, 0.15) is 64.7 Å². The predicted molar refractivity (Wildman–Crippen MR) is 161 cm³/mol. The first-order chi connectivity index (χ1) is 16.8. The molecule has 186 valence electrons. The van der Waals surface area contributed by atoms with E-state index >= 15 is 0 Å². The van der Waals surface area contributed by atoms with Gasteiger partial charge in [0.2, 0.25) is 0 Å². The molecule has 0 saturated carbocycles. The van der Waals surface area contributed by atoms with E-state index < -0.39 is 0 Å². The molecule has 0 aliphatic carbocycles. The molecular formula is C28H33NO2S4. The molecule has 3 nitrogen and oxygen atoms in total. The van der Waals surface area contributed by atoms with Crippen LogP contribution in [0.15, 0.2) is 44.8 Å². The van der Waals surface area contributed by atoms with Gasteiger partial charge in [0.15, 0.2) is 0 Å². The Morgan fingerprint density at radius 1 is 1.00 bits per heavy atom. The lowest BCUT2D eigenvalue weighted by Crippen LogP contribution is -2.32. The molecule has 0 spiro atoms. The first kappa shape index (κ1) is 26.4. The molecule has 0 fully saturated rings. The number of aromatic nitrogens is 1. The molecule has 0 amide bonds. The first-order valence-corrected chi connectivity index (χ1v) is 16.0. The van der Waals surface area contributed by atoms with Crippen molar-refractivity contribution in [3.63, 3.8) is 0 Å². The van der Waals surface area contributed by atoms with E-state index in [1.807, 2.05) is 18.2 Å². The Kier molecular flexibility index (Phi) is 8.74. The van der Waals surface area contributed by atoms with Gasteiger partial charge in [-0.1, -0.05) is 51.2 Å². The minimum Gasteiger partial charge on any atom is -0.274 e. The molecule has 0 radical (unpaired) electrons. The average Bonchev–Trinajstić information content (AvgIpc) is 3.57. The van der Waals surface area contributed by atoms with Gasteiger partial charge in [0.25, 0.3) is 11.1 Å². The number of nitrogens with zero attached hydrogens (tertiary/aromatic N) is 1. The molecule has 0 aromatic carbocycles. The predicted octanol–water partition coefficient (Wildman–Crippen LogP) is 9.09. The minimum absolute atomic E-state index is 0.150. The second kappa shape index (κ2) is 11.6. The van der Waals surface area contributed by atoms with Crippen molar-refractivity contribution >= 4 is 70.8 Å². The third-order valence-electron chi connectivity index (χ3n) is 6.31. The van der Waals surface area contributed by atoms with Crippen LogP contribution in [0.5, 0.6) is 0 Å². The molecule has 4 heterocycles. The fourth-order valence-corrected chi connectivity index (χ4v) is 8.89. The van der Waals surface area contributed by atoms with Crippen LogP contribution in [-0.4, -0.2) is 10.8 Å². The van der Waals surface area contributed by atoms with Gasteiger partial charge in [-0.15, -0.1) is 45.8 Å². The van der Waals surface area contributed by atoms with Crippen molar-refractivity contribution in [2.45, 2.75) is 66.3 Å². The van der Waals surface area contributed by atoms with Crippen LogP contribution >= 0.6 is 45.8 Å². The van der Waals surface area contributed by atoms with E-state index in [2.05, 4.69) is 45.4 Å². The smallest absolute Gasteiger partial charge is 0.262 e. The van der Waals surface area contributed by atoms with Crippen LogP contribution < -0.4 is 11.1 Å². The zero-order chi connectivity index (χ0) is 25.1. The third kappa shape index (κ3) is 5.53. The largest absolute Gasteiger partial charge is 0.274 e. The topological polar surface area (TPSA) is 39.1 Å². The number of unbranched alkanes of at least 4 members (excludes halogenated alkanes) is 3. The number of allylic oxidation sites excluding steroid dienone is 1. The highest BCUT2D eigenvalue weighted by Gasteiger charge is 2.20. The Bertz CT molecular complexity index is 1470. The van der Waals surface area contributed by atoms with Crippen LogP contribution in [0.4, 0.5) is 0 Å². The van der Waals surface area contributed by atoms with E-state index in [4.69, 9.17) is 0 Å². The molecular weight excluding hydrogens is 511 g/mol. The number of thioether (sulfide) groups is 1. The normalized spacial score (nSPS) is 12.5. The summed E-state index contributed by atoms with van der Waals surface area (Å²) < 4.78 is 3.40. The maximum atomic E-state index is 13.8. The standard InChI is InChI=1S/C28H33NO2S4/c1-6-7-8-9-11-18(4)16-29-27(30)19-14-22(21-12-10-13-33-21)34-25(19)26-20(28(29)31)15-23(35-26)24(32-5)17(2)3/h10,12-15,18H,6-9,11,16H2,1-5H3. The van der Waals surface area contributed by atoms with Crippen molar-refractivity contribution < 1.29 is 0 Å². The maximum absolute atomic E-state index is 13.8. The molecule has 0 bridgehead atoms. The van der Waals surface area contributed by atoms with Crippen molar-refractivity contribution in [1.29, 1.82) is 0 Å². The number of hydrogen-bond acceptors (Lipinski definition) is 6. The van der Waals surface area contributed by atoms with Gasteiger partial charge in [-0.2, -0.15) is 0 Å². The molecule has 0 saturated heterocycles. The monoisotopic (exact) mass is 543 g/mol. The van der Waals surface area contributed by atoms with Crippen LogP contribution in [0, 0.1) is 5.92 Å². The molecule has 1 unspecified atom stereocenters. The third-order valence-corrected chi connectivity index (χ3v) is 11.0. The summed E-state index contributed by atoms with van der Waals surface area (Å²) in [5.41, 5.74) is 0.936. The summed E-state index contributed by atoms with van der Waals surface area (Å²) in [6, 6.07) is 8.16. The summed E-state index contributed by atoms with van der Waals surface area (Å²) in [5, 5.41) is 3.40. The summed E-state index contributed by atoms with van der Waals surface area (Å²) in [6.07, 6.45) is 7.91. The molecule has 35 heavy (non-hydrogen) atoms. The van der Waals surface area contributed by atoms with Gasteiger partial charge in [0.05, 0.1) is 20.2 Å². The van der Waals surface area contributed by atoms with E-state index in [1.165, 1.54) is 34.3 Å². The van der Waals surface area contributed by atoms with Gasteiger partial charge in [0, 0.05) is 26.1 Å². The fraction of sp³-hybridized carbons (Fsp3) is 0.429. The van der Waals surface area contributed by atoms with Gasteiger partial charge >= 0.3 is 0 Å². The lowest BCUT2D eigenvalue weighted by molar-refractivity contribution is 0.418. The summed E-state index contributed by atoms with van der Waals surface area (Å²) in [7, 11) is 0. The lowest BCUT2D eigenvalue weighted by Gasteiger charge is -2.11. The summed E-state index contributed by atoms with van der Waals surface area (Å²) in [6.45, 7) is 9.07. The Balaban J connectivity index is 1.93. The minimum atomic E-state index is -0.151. The number of rotatable bonds is 10. The molecule has 0 N–H and O–H groups in total. The van der Waals surface area contributed by atoms with Gasteiger partial charge in [0.1, 0.15) is 0 Å². The molecule has 4 aromatic heterocycles. The van der Waals surface area contributed by atoms with Gasteiger partial charge < -0.3 is 0 Å². The quantitative estimate of drug-likeness (QED) is 0.187. The second-order valence-corrected chi connectivity index (χ2v) is 13.3. The molecule has 4 rings (SSSR count). The fourth-order valence-electron chi connectivity index (χ4n) is 4.51. The zero-order valence-corrected chi connectivity index (χ0v) is 24.4. The van der Waals surface area contributed by atoms with Crippen LogP contribution in [-0.2, 0) is 6.54 Å². The highest BCUT2D eigenvalue weighted by atomic mass is 32.2. The van der Waals surface area contributed by atoms with Crippen molar-refractivity contribution in [1.82, 2.24) is 4.57 Å². The first-order valence-electron chi connectivity index (χ1n) is 12.3. The van der Waals surface area contributed by atoms with Crippen LogP contribution in [0.3, 0.4) is 0 Å². The summed E-state index contributed by atoms with van der Waals surface area (Å²) in [4.78, 5) is 32.2. The SMILES string of the molecule is CCCCCCC(C)Cn1c(=O)c2cc(C(SC)=C(C)C)sc2c2sc(-c3cccs3)cc2c1=O. The Labute approximate surface area is 223 Å². The maximum Gasteiger partial charge on any atom is 0.262 e. The summed E-state index contributed by atoms with van der Waals surface area (Å²) in [5.74, 6) is 0.276. The lowest BCUT2D eigenvalue weighted by atomic mass is 10.0. The number of thiophene rings is 3. The molecule has 0 aliphatic rings. The van der Waals surface area contributed by atoms with E-state index in [-0.39, 0.29) is 17.0 Å². The molecule has 1 atom stereocenters.